The molecule has 2 N–H and O–H groups in total. The molecule has 2 rings (SSSR count). The molecule has 1 aromatic heterocycles. The van der Waals surface area contributed by atoms with Gasteiger partial charge in [0, 0.05) is 23.2 Å². The molecular formula is C15H18N2O2S. The maximum atomic E-state index is 10.6. The molecule has 0 aliphatic rings. The molecule has 1 heterocycles. The summed E-state index contributed by atoms with van der Waals surface area (Å²) in [6.45, 7) is 2.85. The van der Waals surface area contributed by atoms with Gasteiger partial charge in [0.15, 0.2) is 0 Å². The predicted molar refractivity (Wildman–Crippen MR) is 81.2 cm³/mol. The number of aromatic nitrogens is 1. The first kappa shape index (κ1) is 14.5. The van der Waals surface area contributed by atoms with Gasteiger partial charge in [-0.2, -0.15) is 0 Å². The summed E-state index contributed by atoms with van der Waals surface area (Å²) in [5.74, 6) is -0.764. The van der Waals surface area contributed by atoms with Crippen molar-refractivity contribution in [2.24, 2.45) is 0 Å². The summed E-state index contributed by atoms with van der Waals surface area (Å²) in [5.41, 5.74) is 2.05. The first-order chi connectivity index (χ1) is 9.67. The second-order valence-corrected chi connectivity index (χ2v) is 5.72. The molecule has 0 radical (unpaired) electrons. The van der Waals surface area contributed by atoms with Crippen LogP contribution in [0.3, 0.4) is 0 Å². The topological polar surface area (TPSA) is 62.2 Å². The van der Waals surface area contributed by atoms with E-state index in [9.17, 15) is 4.79 Å². The fourth-order valence-electron chi connectivity index (χ4n) is 1.87. The molecule has 0 unspecified atom stereocenters. The number of hydrogen-bond acceptors (Lipinski definition) is 4. The van der Waals surface area contributed by atoms with Gasteiger partial charge in [0.1, 0.15) is 0 Å². The summed E-state index contributed by atoms with van der Waals surface area (Å²) in [4.78, 5) is 16.1. The van der Waals surface area contributed by atoms with E-state index in [1.165, 1.54) is 4.88 Å². The molecule has 0 spiro atoms. The van der Waals surface area contributed by atoms with E-state index in [-0.39, 0.29) is 6.42 Å². The Morgan fingerprint density at radius 3 is 3.00 bits per heavy atom. The Hall–Kier alpha value is -1.88. The Morgan fingerprint density at radius 2 is 2.30 bits per heavy atom. The summed E-state index contributed by atoms with van der Waals surface area (Å²) < 4.78 is 0. The zero-order valence-corrected chi connectivity index (χ0v) is 12.2. The van der Waals surface area contributed by atoms with Gasteiger partial charge in [0.2, 0.25) is 0 Å². The molecule has 0 saturated heterocycles. The van der Waals surface area contributed by atoms with E-state index in [4.69, 9.17) is 5.11 Å². The molecular weight excluding hydrogens is 272 g/mol. The zero-order valence-electron chi connectivity index (χ0n) is 11.4. The first-order valence-corrected chi connectivity index (χ1v) is 7.47. The van der Waals surface area contributed by atoms with Gasteiger partial charge in [-0.25, -0.2) is 4.98 Å². The Kier molecular flexibility index (Phi) is 5.12. The summed E-state index contributed by atoms with van der Waals surface area (Å²) in [7, 11) is 0. The maximum Gasteiger partial charge on any atom is 0.303 e. The van der Waals surface area contributed by atoms with E-state index < -0.39 is 5.97 Å². The largest absolute Gasteiger partial charge is 0.481 e. The SMILES string of the molecule is CCc1ncc(CNc2cccc(CCC(=O)O)c2)s1. The highest BCUT2D eigenvalue weighted by atomic mass is 32.1. The molecule has 5 heteroatoms. The minimum atomic E-state index is -0.764. The molecule has 0 fully saturated rings. The van der Waals surface area contributed by atoms with Crippen LogP contribution in [0.5, 0.6) is 0 Å². The van der Waals surface area contributed by atoms with Crippen molar-refractivity contribution in [2.75, 3.05) is 5.32 Å². The number of aryl methyl sites for hydroxylation is 2. The molecule has 1 aromatic carbocycles. The smallest absolute Gasteiger partial charge is 0.303 e. The van der Waals surface area contributed by atoms with Gasteiger partial charge < -0.3 is 10.4 Å². The highest BCUT2D eigenvalue weighted by Crippen LogP contribution is 2.17. The van der Waals surface area contributed by atoms with E-state index in [1.54, 1.807) is 11.3 Å². The Morgan fingerprint density at radius 1 is 1.45 bits per heavy atom. The van der Waals surface area contributed by atoms with Crippen LogP contribution in [0.15, 0.2) is 30.5 Å². The second kappa shape index (κ2) is 7.05. The lowest BCUT2D eigenvalue weighted by Crippen LogP contribution is -2.00. The number of hydrogen-bond donors (Lipinski definition) is 2. The van der Waals surface area contributed by atoms with Crippen molar-refractivity contribution in [1.82, 2.24) is 4.98 Å². The highest BCUT2D eigenvalue weighted by Gasteiger charge is 2.02. The summed E-state index contributed by atoms with van der Waals surface area (Å²) in [6, 6.07) is 7.90. The Bertz CT molecular complexity index is 581. The van der Waals surface area contributed by atoms with Gasteiger partial charge in [-0.05, 0) is 30.5 Å². The minimum absolute atomic E-state index is 0.165. The zero-order chi connectivity index (χ0) is 14.4. The van der Waals surface area contributed by atoms with Crippen molar-refractivity contribution < 1.29 is 9.90 Å². The lowest BCUT2D eigenvalue weighted by Gasteiger charge is -2.06. The minimum Gasteiger partial charge on any atom is -0.481 e. The van der Waals surface area contributed by atoms with E-state index in [1.807, 2.05) is 30.5 Å². The van der Waals surface area contributed by atoms with Crippen molar-refractivity contribution in [3.8, 4) is 0 Å². The van der Waals surface area contributed by atoms with Crippen LogP contribution in [0.1, 0.15) is 28.8 Å². The van der Waals surface area contributed by atoms with Crippen LogP contribution in [0, 0.1) is 0 Å². The number of nitrogens with zero attached hydrogens (tertiary/aromatic N) is 1. The molecule has 0 amide bonds. The lowest BCUT2D eigenvalue weighted by atomic mass is 10.1. The molecule has 106 valence electrons. The highest BCUT2D eigenvalue weighted by molar-refractivity contribution is 7.11. The van der Waals surface area contributed by atoms with Crippen LogP contribution >= 0.6 is 11.3 Å². The Balaban J connectivity index is 1.92. The molecule has 0 saturated carbocycles. The standard InChI is InChI=1S/C15H18N2O2S/c1-2-14-17-10-13(20-14)9-16-12-5-3-4-11(8-12)6-7-15(18)19/h3-5,8,10,16H,2,6-7,9H2,1H3,(H,18,19). The molecule has 0 aliphatic carbocycles. The quantitative estimate of drug-likeness (QED) is 0.821. The third-order valence-electron chi connectivity index (χ3n) is 2.93. The number of nitrogens with one attached hydrogen (secondary N) is 1. The number of aliphatic carboxylic acids is 1. The summed E-state index contributed by atoms with van der Waals surface area (Å²) in [6.07, 6.45) is 3.60. The van der Waals surface area contributed by atoms with Crippen LogP contribution in [0.4, 0.5) is 5.69 Å². The average molecular weight is 290 g/mol. The molecule has 2 aromatic rings. The maximum absolute atomic E-state index is 10.6. The molecule has 0 atom stereocenters. The van der Waals surface area contributed by atoms with Crippen molar-refractivity contribution in [3.05, 3.63) is 45.9 Å². The molecule has 20 heavy (non-hydrogen) atoms. The van der Waals surface area contributed by atoms with Crippen molar-refractivity contribution in [1.29, 1.82) is 0 Å². The average Bonchev–Trinajstić information content (AvgIpc) is 2.91. The van der Waals surface area contributed by atoms with Crippen molar-refractivity contribution in [2.45, 2.75) is 32.7 Å². The number of carbonyl (C=O) groups is 1. The van der Waals surface area contributed by atoms with Gasteiger partial charge >= 0.3 is 5.97 Å². The number of thiazole rings is 1. The van der Waals surface area contributed by atoms with Crippen molar-refractivity contribution >= 4 is 23.0 Å². The summed E-state index contributed by atoms with van der Waals surface area (Å²) in [5, 5.41) is 13.2. The number of anilines is 1. The first-order valence-electron chi connectivity index (χ1n) is 6.65. The van der Waals surface area contributed by atoms with Crippen molar-refractivity contribution in [3.63, 3.8) is 0 Å². The van der Waals surface area contributed by atoms with Gasteiger partial charge in [0.25, 0.3) is 0 Å². The fourth-order valence-corrected chi connectivity index (χ4v) is 2.67. The summed E-state index contributed by atoms with van der Waals surface area (Å²) >= 11 is 1.72. The molecule has 0 bridgehead atoms. The number of carboxylic acids is 1. The molecule has 0 aliphatic heterocycles. The van der Waals surface area contributed by atoms with E-state index in [2.05, 4.69) is 17.2 Å². The number of benzene rings is 1. The van der Waals surface area contributed by atoms with E-state index in [0.717, 1.165) is 29.2 Å². The van der Waals surface area contributed by atoms with E-state index >= 15 is 0 Å². The van der Waals surface area contributed by atoms with Gasteiger partial charge in [-0.15, -0.1) is 11.3 Å². The fraction of sp³-hybridized carbons (Fsp3) is 0.333. The number of rotatable bonds is 7. The van der Waals surface area contributed by atoms with Gasteiger partial charge in [-0.3, -0.25) is 4.79 Å². The van der Waals surface area contributed by atoms with E-state index in [0.29, 0.717) is 6.42 Å². The normalized spacial score (nSPS) is 10.4. The monoisotopic (exact) mass is 290 g/mol. The molecule has 4 nitrogen and oxygen atoms in total. The lowest BCUT2D eigenvalue weighted by molar-refractivity contribution is -0.136. The Labute approximate surface area is 122 Å². The number of carboxylic acid groups (broad SMARTS) is 1. The predicted octanol–water partition coefficient (Wildman–Crippen LogP) is 3.33. The van der Waals surface area contributed by atoms with Gasteiger partial charge in [0.05, 0.1) is 11.6 Å². The van der Waals surface area contributed by atoms with Crippen LogP contribution in [0.25, 0.3) is 0 Å². The van der Waals surface area contributed by atoms with Gasteiger partial charge in [-0.1, -0.05) is 19.1 Å². The van der Waals surface area contributed by atoms with Crippen LogP contribution in [-0.4, -0.2) is 16.1 Å². The second-order valence-electron chi connectivity index (χ2n) is 4.52. The van der Waals surface area contributed by atoms with Crippen LogP contribution in [-0.2, 0) is 24.2 Å². The third-order valence-corrected chi connectivity index (χ3v) is 4.07. The van der Waals surface area contributed by atoms with Crippen LogP contribution < -0.4 is 5.32 Å². The van der Waals surface area contributed by atoms with Crippen LogP contribution in [0.2, 0.25) is 0 Å². The third kappa shape index (κ3) is 4.35.